The summed E-state index contributed by atoms with van der Waals surface area (Å²) in [5, 5.41) is 1.93. The highest BCUT2D eigenvalue weighted by atomic mass is 16.5. The minimum atomic E-state index is -0.00796. The Bertz CT molecular complexity index is 615. The third kappa shape index (κ3) is 2.93. The average Bonchev–Trinajstić information content (AvgIpc) is 2.37. The molecule has 0 fully saturated rings. The number of carbonyl (C=O) groups excluding carboxylic acids is 1. The lowest BCUT2D eigenvalue weighted by Gasteiger charge is -2.19. The van der Waals surface area contributed by atoms with Crippen molar-refractivity contribution in [2.75, 3.05) is 0 Å². The van der Waals surface area contributed by atoms with Gasteiger partial charge in [0.05, 0.1) is 17.8 Å². The molecule has 0 radical (unpaired) electrons. The van der Waals surface area contributed by atoms with Gasteiger partial charge < -0.3 is 9.47 Å². The number of benzene rings is 2. The quantitative estimate of drug-likeness (QED) is 0.764. The predicted octanol–water partition coefficient (Wildman–Crippen LogP) is 4.23. The summed E-state index contributed by atoms with van der Waals surface area (Å²) in [6, 6.07) is 9.74. The van der Waals surface area contributed by atoms with E-state index in [1.807, 2.05) is 58.0 Å². The molecule has 3 heteroatoms. The molecule has 0 N–H and O–H groups in total. The second-order valence-electron chi connectivity index (χ2n) is 5.29. The number of aldehydes is 1. The molecule has 106 valence electrons. The lowest BCUT2D eigenvalue weighted by Crippen LogP contribution is -2.11. The predicted molar refractivity (Wildman–Crippen MR) is 80.9 cm³/mol. The van der Waals surface area contributed by atoms with Crippen LogP contribution in [0.25, 0.3) is 10.8 Å². The molecule has 0 aliphatic rings. The van der Waals surface area contributed by atoms with E-state index in [-0.39, 0.29) is 12.2 Å². The van der Waals surface area contributed by atoms with Crippen LogP contribution in [-0.2, 0) is 0 Å². The van der Waals surface area contributed by atoms with Crippen molar-refractivity contribution in [3.05, 3.63) is 35.9 Å². The van der Waals surface area contributed by atoms with Gasteiger partial charge in [0.2, 0.25) is 0 Å². The Morgan fingerprint density at radius 2 is 1.65 bits per heavy atom. The molecule has 0 atom stereocenters. The van der Waals surface area contributed by atoms with Gasteiger partial charge in [-0.2, -0.15) is 0 Å². The minimum absolute atomic E-state index is 0.00163. The maximum Gasteiger partial charge on any atom is 0.157 e. The SMILES string of the molecule is CC(C)Oc1cc2ccccc2c(OC(C)C)c1C=O. The van der Waals surface area contributed by atoms with Crippen molar-refractivity contribution in [3.8, 4) is 11.5 Å². The van der Waals surface area contributed by atoms with E-state index in [2.05, 4.69) is 0 Å². The lowest BCUT2D eigenvalue weighted by atomic mass is 10.0. The second-order valence-corrected chi connectivity index (χ2v) is 5.29. The first-order valence-electron chi connectivity index (χ1n) is 6.87. The van der Waals surface area contributed by atoms with Crippen LogP contribution >= 0.6 is 0 Å². The van der Waals surface area contributed by atoms with Crippen molar-refractivity contribution in [3.63, 3.8) is 0 Å². The zero-order valence-corrected chi connectivity index (χ0v) is 12.3. The third-order valence-electron chi connectivity index (χ3n) is 2.84. The summed E-state index contributed by atoms with van der Waals surface area (Å²) in [5.41, 5.74) is 0.478. The van der Waals surface area contributed by atoms with Gasteiger partial charge >= 0.3 is 0 Å². The Kier molecular flexibility index (Phi) is 4.28. The molecule has 0 heterocycles. The Labute approximate surface area is 119 Å². The van der Waals surface area contributed by atoms with Gasteiger partial charge in [-0.25, -0.2) is 0 Å². The Morgan fingerprint density at radius 1 is 1.00 bits per heavy atom. The number of hydrogen-bond donors (Lipinski definition) is 0. The fraction of sp³-hybridized carbons (Fsp3) is 0.353. The van der Waals surface area contributed by atoms with E-state index in [0.29, 0.717) is 17.1 Å². The normalized spacial score (nSPS) is 11.1. The first-order chi connectivity index (χ1) is 9.52. The summed E-state index contributed by atoms with van der Waals surface area (Å²) < 4.78 is 11.6. The Hall–Kier alpha value is -2.03. The van der Waals surface area contributed by atoms with Gasteiger partial charge in [-0.3, -0.25) is 4.79 Å². The molecule has 0 saturated heterocycles. The fourth-order valence-electron chi connectivity index (χ4n) is 2.13. The average molecular weight is 272 g/mol. The summed E-state index contributed by atoms with van der Waals surface area (Å²) in [6.45, 7) is 7.76. The van der Waals surface area contributed by atoms with E-state index in [1.54, 1.807) is 0 Å². The molecule has 0 unspecified atom stereocenters. The van der Waals surface area contributed by atoms with Gasteiger partial charge in [0.1, 0.15) is 11.5 Å². The fourth-order valence-corrected chi connectivity index (χ4v) is 2.13. The summed E-state index contributed by atoms with van der Waals surface area (Å²) in [5.74, 6) is 1.17. The van der Waals surface area contributed by atoms with E-state index in [4.69, 9.17) is 9.47 Å². The van der Waals surface area contributed by atoms with E-state index in [0.717, 1.165) is 17.1 Å². The Balaban J connectivity index is 2.70. The maximum atomic E-state index is 11.5. The third-order valence-corrected chi connectivity index (χ3v) is 2.84. The van der Waals surface area contributed by atoms with Crippen molar-refractivity contribution in [1.82, 2.24) is 0 Å². The highest BCUT2D eigenvalue weighted by Gasteiger charge is 2.17. The van der Waals surface area contributed by atoms with Crippen LogP contribution in [0.1, 0.15) is 38.1 Å². The second kappa shape index (κ2) is 5.95. The van der Waals surface area contributed by atoms with E-state index in [9.17, 15) is 4.79 Å². The minimum Gasteiger partial charge on any atom is -0.490 e. The number of hydrogen-bond acceptors (Lipinski definition) is 3. The molecule has 0 bridgehead atoms. The van der Waals surface area contributed by atoms with E-state index < -0.39 is 0 Å². The summed E-state index contributed by atoms with van der Waals surface area (Å²) >= 11 is 0. The first-order valence-corrected chi connectivity index (χ1v) is 6.87. The van der Waals surface area contributed by atoms with E-state index in [1.165, 1.54) is 0 Å². The lowest BCUT2D eigenvalue weighted by molar-refractivity contribution is 0.111. The molecule has 2 aromatic rings. The molecule has 0 saturated carbocycles. The number of carbonyl (C=O) groups is 1. The molecule has 20 heavy (non-hydrogen) atoms. The van der Waals surface area contributed by atoms with Crippen LogP contribution in [-0.4, -0.2) is 18.5 Å². The van der Waals surface area contributed by atoms with Gasteiger partial charge in [0.25, 0.3) is 0 Å². The molecule has 2 rings (SSSR count). The highest BCUT2D eigenvalue weighted by Crippen LogP contribution is 2.37. The van der Waals surface area contributed by atoms with Crippen LogP contribution in [0.5, 0.6) is 11.5 Å². The monoisotopic (exact) mass is 272 g/mol. The number of rotatable bonds is 5. The molecule has 2 aromatic carbocycles. The van der Waals surface area contributed by atoms with Crippen LogP contribution in [0.2, 0.25) is 0 Å². The van der Waals surface area contributed by atoms with Crippen molar-refractivity contribution >= 4 is 17.1 Å². The first kappa shape index (κ1) is 14.4. The zero-order valence-electron chi connectivity index (χ0n) is 12.3. The molecular formula is C17H20O3. The number of ether oxygens (including phenoxy) is 2. The highest BCUT2D eigenvalue weighted by molar-refractivity contribution is 5.99. The van der Waals surface area contributed by atoms with Crippen molar-refractivity contribution in [1.29, 1.82) is 0 Å². The molecule has 0 spiro atoms. The molecule has 0 aliphatic carbocycles. The van der Waals surface area contributed by atoms with Gasteiger partial charge in [0.15, 0.2) is 6.29 Å². The molecule has 3 nitrogen and oxygen atoms in total. The zero-order chi connectivity index (χ0) is 14.7. The van der Waals surface area contributed by atoms with Crippen LogP contribution in [0.3, 0.4) is 0 Å². The van der Waals surface area contributed by atoms with Gasteiger partial charge in [0, 0.05) is 5.39 Å². The maximum absolute atomic E-state index is 11.5. The summed E-state index contributed by atoms with van der Waals surface area (Å²) in [6.07, 6.45) is 0.801. The molecule has 0 aliphatic heterocycles. The molecular weight excluding hydrogens is 252 g/mol. The van der Waals surface area contributed by atoms with Crippen molar-refractivity contribution in [2.24, 2.45) is 0 Å². The smallest absolute Gasteiger partial charge is 0.157 e. The molecule has 0 amide bonds. The van der Waals surface area contributed by atoms with Crippen LogP contribution in [0.4, 0.5) is 0 Å². The van der Waals surface area contributed by atoms with Crippen LogP contribution in [0, 0.1) is 0 Å². The standard InChI is InChI=1S/C17H20O3/c1-11(2)19-16-9-13-7-5-6-8-14(13)17(15(16)10-18)20-12(3)4/h5-12H,1-4H3. The van der Waals surface area contributed by atoms with Gasteiger partial charge in [-0.05, 0) is 39.1 Å². The molecule has 0 aromatic heterocycles. The topological polar surface area (TPSA) is 35.5 Å². The van der Waals surface area contributed by atoms with Crippen LogP contribution in [0.15, 0.2) is 30.3 Å². The van der Waals surface area contributed by atoms with Gasteiger partial charge in [-0.1, -0.05) is 24.3 Å². The van der Waals surface area contributed by atoms with Crippen LogP contribution < -0.4 is 9.47 Å². The van der Waals surface area contributed by atoms with Crippen molar-refractivity contribution in [2.45, 2.75) is 39.9 Å². The Morgan fingerprint density at radius 3 is 2.25 bits per heavy atom. The largest absolute Gasteiger partial charge is 0.490 e. The van der Waals surface area contributed by atoms with Gasteiger partial charge in [-0.15, -0.1) is 0 Å². The van der Waals surface area contributed by atoms with E-state index >= 15 is 0 Å². The summed E-state index contributed by atoms with van der Waals surface area (Å²) in [7, 11) is 0. The van der Waals surface area contributed by atoms with Crippen molar-refractivity contribution < 1.29 is 14.3 Å². The summed E-state index contributed by atoms with van der Waals surface area (Å²) in [4.78, 5) is 11.5. The number of fused-ring (bicyclic) bond motifs is 1.